The molecule has 18 heavy (non-hydrogen) atoms. The Morgan fingerprint density at radius 2 is 1.72 bits per heavy atom. The number of hydrogen-bond donors (Lipinski definition) is 1. The van der Waals surface area contributed by atoms with Crippen molar-refractivity contribution >= 4 is 0 Å². The summed E-state index contributed by atoms with van der Waals surface area (Å²) in [4.78, 5) is 0. The van der Waals surface area contributed by atoms with Crippen LogP contribution in [0.2, 0.25) is 0 Å². The second kappa shape index (κ2) is 5.31. The van der Waals surface area contributed by atoms with Crippen LogP contribution >= 0.6 is 0 Å². The lowest BCUT2D eigenvalue weighted by atomic mass is 9.86. The summed E-state index contributed by atoms with van der Waals surface area (Å²) in [5.74, 6) is 0.975. The van der Waals surface area contributed by atoms with Crippen molar-refractivity contribution in [3.05, 3.63) is 29.3 Å². The minimum absolute atomic E-state index is 0.184. The summed E-state index contributed by atoms with van der Waals surface area (Å²) in [6.45, 7) is 13.8. The average molecular weight is 249 g/mol. The zero-order valence-corrected chi connectivity index (χ0v) is 12.8. The van der Waals surface area contributed by atoms with Gasteiger partial charge in [0.1, 0.15) is 11.4 Å². The number of nitrogens with one attached hydrogen (secondary N) is 1. The van der Waals surface area contributed by atoms with E-state index in [1.807, 2.05) is 7.05 Å². The number of aryl methyl sites for hydroxylation is 1. The van der Waals surface area contributed by atoms with Crippen LogP contribution in [0.4, 0.5) is 0 Å². The largest absolute Gasteiger partial charge is 0.486 e. The molecular weight excluding hydrogens is 222 g/mol. The number of rotatable bonds is 4. The molecule has 0 saturated carbocycles. The highest BCUT2D eigenvalue weighted by molar-refractivity contribution is 5.39. The summed E-state index contributed by atoms with van der Waals surface area (Å²) in [7, 11) is 1.95. The smallest absolute Gasteiger partial charge is 0.123 e. The van der Waals surface area contributed by atoms with Crippen molar-refractivity contribution in [1.29, 1.82) is 0 Å². The molecule has 0 fully saturated rings. The molecule has 0 saturated heterocycles. The van der Waals surface area contributed by atoms with E-state index < -0.39 is 0 Å². The molecule has 0 aliphatic carbocycles. The van der Waals surface area contributed by atoms with E-state index in [2.05, 4.69) is 65.1 Å². The van der Waals surface area contributed by atoms with Crippen molar-refractivity contribution in [3.8, 4) is 5.75 Å². The molecule has 0 amide bonds. The van der Waals surface area contributed by atoms with E-state index in [1.54, 1.807) is 0 Å². The molecule has 1 rings (SSSR count). The standard InChI is InChI=1S/C16H27NO/c1-12-10-13(15(2,3)4)8-9-14(12)18-16(5,6)11-17-7/h8-10,17H,11H2,1-7H3. The average Bonchev–Trinajstić information content (AvgIpc) is 2.19. The van der Waals surface area contributed by atoms with E-state index in [1.165, 1.54) is 11.1 Å². The summed E-state index contributed by atoms with van der Waals surface area (Å²) in [5.41, 5.74) is 2.54. The Balaban J connectivity index is 2.93. The third-order valence-electron chi connectivity index (χ3n) is 3.03. The van der Waals surface area contributed by atoms with Crippen LogP contribution in [0.5, 0.6) is 5.75 Å². The molecule has 0 spiro atoms. The Morgan fingerprint density at radius 1 is 1.11 bits per heavy atom. The topological polar surface area (TPSA) is 21.3 Å². The van der Waals surface area contributed by atoms with Crippen LogP contribution in [0.25, 0.3) is 0 Å². The van der Waals surface area contributed by atoms with Crippen LogP contribution in [0, 0.1) is 6.92 Å². The summed E-state index contributed by atoms with van der Waals surface area (Å²) in [6, 6.07) is 6.48. The molecule has 0 radical (unpaired) electrons. The van der Waals surface area contributed by atoms with Crippen molar-refractivity contribution < 1.29 is 4.74 Å². The van der Waals surface area contributed by atoms with Crippen LogP contribution in [0.15, 0.2) is 18.2 Å². The van der Waals surface area contributed by atoms with Gasteiger partial charge in [0.25, 0.3) is 0 Å². The molecule has 0 unspecified atom stereocenters. The molecule has 2 nitrogen and oxygen atoms in total. The highest BCUT2D eigenvalue weighted by Crippen LogP contribution is 2.29. The first-order valence-corrected chi connectivity index (χ1v) is 6.60. The lowest BCUT2D eigenvalue weighted by molar-refractivity contribution is 0.109. The fourth-order valence-electron chi connectivity index (χ4n) is 1.99. The Kier molecular flexibility index (Phi) is 4.44. The van der Waals surface area contributed by atoms with Crippen molar-refractivity contribution in [2.24, 2.45) is 0 Å². The molecule has 102 valence electrons. The van der Waals surface area contributed by atoms with Gasteiger partial charge < -0.3 is 10.1 Å². The van der Waals surface area contributed by atoms with Gasteiger partial charge in [-0.1, -0.05) is 32.9 Å². The zero-order chi connectivity index (χ0) is 14.0. The minimum Gasteiger partial charge on any atom is -0.486 e. The van der Waals surface area contributed by atoms with Gasteiger partial charge >= 0.3 is 0 Å². The SMILES string of the molecule is CNCC(C)(C)Oc1ccc(C(C)(C)C)cc1C. The Bertz CT molecular complexity index is 402. The molecule has 1 aromatic rings. The van der Waals surface area contributed by atoms with Gasteiger partial charge in [-0.05, 0) is 50.4 Å². The second-order valence-corrected chi connectivity index (χ2v) is 6.62. The maximum atomic E-state index is 6.08. The summed E-state index contributed by atoms with van der Waals surface area (Å²) in [6.07, 6.45) is 0. The number of ether oxygens (including phenoxy) is 1. The highest BCUT2D eigenvalue weighted by Gasteiger charge is 2.21. The zero-order valence-electron chi connectivity index (χ0n) is 12.8. The Hall–Kier alpha value is -1.02. The van der Waals surface area contributed by atoms with Gasteiger partial charge in [0.2, 0.25) is 0 Å². The maximum Gasteiger partial charge on any atom is 0.123 e. The quantitative estimate of drug-likeness (QED) is 0.879. The number of likely N-dealkylation sites (N-methyl/N-ethyl adjacent to an activating group) is 1. The molecule has 0 aliphatic heterocycles. The van der Waals surface area contributed by atoms with E-state index in [4.69, 9.17) is 4.74 Å². The van der Waals surface area contributed by atoms with Crippen LogP contribution in [-0.2, 0) is 5.41 Å². The van der Waals surface area contributed by atoms with Crippen molar-refractivity contribution in [3.63, 3.8) is 0 Å². The Labute approximate surface area is 112 Å². The van der Waals surface area contributed by atoms with Crippen molar-refractivity contribution in [2.45, 2.75) is 52.6 Å². The van der Waals surface area contributed by atoms with Crippen molar-refractivity contribution in [2.75, 3.05) is 13.6 Å². The molecule has 2 heteroatoms. The lowest BCUT2D eigenvalue weighted by Crippen LogP contribution is -2.39. The molecule has 0 atom stereocenters. The van der Waals surface area contributed by atoms with Gasteiger partial charge in [-0.3, -0.25) is 0 Å². The first-order valence-electron chi connectivity index (χ1n) is 6.60. The van der Waals surface area contributed by atoms with E-state index in [0.29, 0.717) is 0 Å². The van der Waals surface area contributed by atoms with Crippen LogP contribution in [0.1, 0.15) is 45.7 Å². The van der Waals surface area contributed by atoms with Crippen LogP contribution < -0.4 is 10.1 Å². The van der Waals surface area contributed by atoms with Gasteiger partial charge in [0.05, 0.1) is 0 Å². The normalized spacial score (nSPS) is 12.6. The highest BCUT2D eigenvalue weighted by atomic mass is 16.5. The third-order valence-corrected chi connectivity index (χ3v) is 3.03. The van der Waals surface area contributed by atoms with Gasteiger partial charge in [0, 0.05) is 6.54 Å². The molecule has 0 bridgehead atoms. The molecule has 0 aromatic heterocycles. The van der Waals surface area contributed by atoms with E-state index in [9.17, 15) is 0 Å². The summed E-state index contributed by atoms with van der Waals surface area (Å²) in [5, 5.41) is 3.16. The van der Waals surface area contributed by atoms with Gasteiger partial charge in [-0.25, -0.2) is 0 Å². The van der Waals surface area contributed by atoms with Gasteiger partial charge in [0.15, 0.2) is 0 Å². The van der Waals surface area contributed by atoms with E-state index in [-0.39, 0.29) is 11.0 Å². The molecule has 1 aromatic carbocycles. The summed E-state index contributed by atoms with van der Waals surface area (Å²) >= 11 is 0. The van der Waals surface area contributed by atoms with E-state index in [0.717, 1.165) is 12.3 Å². The number of benzene rings is 1. The predicted octanol–water partition coefficient (Wildman–Crippen LogP) is 3.67. The number of hydrogen-bond acceptors (Lipinski definition) is 2. The Morgan fingerprint density at radius 3 is 2.17 bits per heavy atom. The first kappa shape index (κ1) is 15.0. The molecule has 0 heterocycles. The minimum atomic E-state index is -0.192. The van der Waals surface area contributed by atoms with Gasteiger partial charge in [-0.2, -0.15) is 0 Å². The molecule has 1 N–H and O–H groups in total. The van der Waals surface area contributed by atoms with Gasteiger partial charge in [-0.15, -0.1) is 0 Å². The third kappa shape index (κ3) is 4.02. The predicted molar refractivity (Wildman–Crippen MR) is 78.5 cm³/mol. The maximum absolute atomic E-state index is 6.08. The first-order chi connectivity index (χ1) is 8.15. The van der Waals surface area contributed by atoms with E-state index >= 15 is 0 Å². The summed E-state index contributed by atoms with van der Waals surface area (Å²) < 4.78 is 6.08. The van der Waals surface area contributed by atoms with Crippen LogP contribution in [-0.4, -0.2) is 19.2 Å². The fraction of sp³-hybridized carbons (Fsp3) is 0.625. The lowest BCUT2D eigenvalue weighted by Gasteiger charge is -2.28. The fourth-order valence-corrected chi connectivity index (χ4v) is 1.99. The van der Waals surface area contributed by atoms with Crippen molar-refractivity contribution in [1.82, 2.24) is 5.32 Å². The van der Waals surface area contributed by atoms with Crippen LogP contribution in [0.3, 0.4) is 0 Å². The molecule has 0 aliphatic rings. The second-order valence-electron chi connectivity index (χ2n) is 6.62. The monoisotopic (exact) mass is 249 g/mol. The molecular formula is C16H27NO.